The van der Waals surface area contributed by atoms with Gasteiger partial charge in [-0.1, -0.05) is 48.5 Å². The first kappa shape index (κ1) is 24.2. The average Bonchev–Trinajstić information content (AvgIpc) is 2.75. The average molecular weight is 494 g/mol. The maximum Gasteiger partial charge on any atom is 0.223 e. The molecule has 2 fully saturated rings. The normalized spacial score (nSPS) is 19.7. The number of halogens is 2. The molecule has 1 aromatic carbocycles. The Morgan fingerprint density at radius 1 is 1.07 bits per heavy atom. The van der Waals surface area contributed by atoms with Gasteiger partial charge in [-0.3, -0.25) is 4.79 Å². The number of nitrogens with zero attached hydrogens (tertiary/aromatic N) is 1. The molecule has 0 atom stereocenters. The number of hydrogen-bond acceptors (Lipinski definition) is 4. The molecule has 1 saturated heterocycles. The molecule has 2 aliphatic rings. The lowest BCUT2D eigenvalue weighted by atomic mass is 9.97. The minimum absolute atomic E-state index is 0.0467. The number of piperidine rings is 1. The maximum atomic E-state index is 12.8. The van der Waals surface area contributed by atoms with Crippen LogP contribution in [0, 0.1) is 5.92 Å². The van der Waals surface area contributed by atoms with Gasteiger partial charge in [0.15, 0.2) is 0 Å². The summed E-state index contributed by atoms with van der Waals surface area (Å²) in [6.45, 7) is 1.38. The van der Waals surface area contributed by atoms with Crippen molar-refractivity contribution >= 4 is 50.9 Å². The van der Waals surface area contributed by atoms with E-state index in [1.54, 1.807) is 18.2 Å². The summed E-state index contributed by atoms with van der Waals surface area (Å²) in [6.07, 6.45) is 7.68. The molecule has 1 N–H and O–H groups in total. The smallest absolute Gasteiger partial charge is 0.223 e. The van der Waals surface area contributed by atoms with Crippen molar-refractivity contribution in [3.63, 3.8) is 0 Å². The minimum atomic E-state index is -3.53. The van der Waals surface area contributed by atoms with Gasteiger partial charge in [0.05, 0.1) is 5.75 Å². The van der Waals surface area contributed by atoms with E-state index < -0.39 is 10.0 Å². The second-order valence-corrected chi connectivity index (χ2v) is 12.2. The van der Waals surface area contributed by atoms with Crippen LogP contribution in [-0.4, -0.2) is 49.3 Å². The van der Waals surface area contributed by atoms with Crippen LogP contribution in [0.25, 0.3) is 0 Å². The molecule has 1 heterocycles. The molecule has 5 nitrogen and oxygen atoms in total. The quantitative estimate of drug-likeness (QED) is 0.533. The molecule has 0 bridgehead atoms. The highest BCUT2D eigenvalue weighted by Gasteiger charge is 2.31. The van der Waals surface area contributed by atoms with E-state index in [2.05, 4.69) is 5.32 Å². The van der Waals surface area contributed by atoms with Gasteiger partial charge in [-0.25, -0.2) is 12.7 Å². The number of benzene rings is 1. The molecule has 1 aromatic rings. The highest BCUT2D eigenvalue weighted by molar-refractivity contribution is 7.99. The fourth-order valence-electron chi connectivity index (χ4n) is 4.12. The van der Waals surface area contributed by atoms with E-state index in [-0.39, 0.29) is 17.6 Å². The number of carbonyl (C=O) groups is 1. The topological polar surface area (TPSA) is 66.5 Å². The Hall–Kier alpha value is -0.470. The van der Waals surface area contributed by atoms with Crippen LogP contribution in [0.15, 0.2) is 18.2 Å². The summed E-state index contributed by atoms with van der Waals surface area (Å²) in [5, 5.41) is 4.49. The maximum absolute atomic E-state index is 12.8. The second kappa shape index (κ2) is 11.4. The molecule has 0 spiro atoms. The number of amides is 1. The van der Waals surface area contributed by atoms with E-state index in [1.165, 1.54) is 36.4 Å². The number of hydrogen-bond donors (Lipinski definition) is 1. The fourth-order valence-corrected chi connectivity index (χ4v) is 7.65. The van der Waals surface area contributed by atoms with Crippen molar-refractivity contribution < 1.29 is 13.2 Å². The van der Waals surface area contributed by atoms with Crippen LogP contribution >= 0.6 is 35.0 Å². The zero-order valence-electron chi connectivity index (χ0n) is 17.1. The molecular formula is C21H30Cl2N2O3S2. The zero-order chi connectivity index (χ0) is 21.6. The molecule has 3 rings (SSSR count). The van der Waals surface area contributed by atoms with Crippen LogP contribution in [0.2, 0.25) is 10.0 Å². The summed E-state index contributed by atoms with van der Waals surface area (Å²) >= 11 is 14.2. The van der Waals surface area contributed by atoms with Crippen molar-refractivity contribution in [1.29, 1.82) is 0 Å². The molecule has 30 heavy (non-hydrogen) atoms. The Morgan fingerprint density at radius 2 is 1.70 bits per heavy atom. The molecule has 1 aliphatic heterocycles. The van der Waals surface area contributed by atoms with Gasteiger partial charge < -0.3 is 5.32 Å². The highest BCUT2D eigenvalue weighted by atomic mass is 35.5. The highest BCUT2D eigenvalue weighted by Crippen LogP contribution is 2.29. The Labute approximate surface area is 194 Å². The summed E-state index contributed by atoms with van der Waals surface area (Å²) in [5.74, 6) is 0.647. The summed E-state index contributed by atoms with van der Waals surface area (Å²) in [4.78, 5) is 12.5. The molecule has 1 amide bonds. The summed E-state index contributed by atoms with van der Waals surface area (Å²) < 4.78 is 27.1. The first-order valence-corrected chi connectivity index (χ1v) is 14.1. The van der Waals surface area contributed by atoms with E-state index in [9.17, 15) is 13.2 Å². The van der Waals surface area contributed by atoms with Gasteiger partial charge in [0, 0.05) is 52.2 Å². The monoisotopic (exact) mass is 492 g/mol. The lowest BCUT2D eigenvalue weighted by Crippen LogP contribution is -2.43. The zero-order valence-corrected chi connectivity index (χ0v) is 20.3. The van der Waals surface area contributed by atoms with Gasteiger partial charge in [0.25, 0.3) is 0 Å². The van der Waals surface area contributed by atoms with Crippen LogP contribution < -0.4 is 5.32 Å². The van der Waals surface area contributed by atoms with Crippen LogP contribution in [0.4, 0.5) is 0 Å². The van der Waals surface area contributed by atoms with Crippen molar-refractivity contribution in [3.05, 3.63) is 33.8 Å². The van der Waals surface area contributed by atoms with E-state index in [0.29, 0.717) is 48.1 Å². The standard InChI is InChI=1S/C21H30Cl2N2O3S2/c22-19-7-4-8-20(23)18(19)15-30(27,28)25-12-9-16(10-13-25)21(26)24-11-14-29-17-5-2-1-3-6-17/h4,7-8,16-17H,1-3,5-6,9-15H2,(H,24,26). The van der Waals surface area contributed by atoms with Crippen molar-refractivity contribution in [2.45, 2.75) is 55.9 Å². The van der Waals surface area contributed by atoms with Gasteiger partial charge in [-0.2, -0.15) is 11.8 Å². The SMILES string of the molecule is O=C(NCCSC1CCCCC1)C1CCN(S(=O)(=O)Cc2c(Cl)cccc2Cl)CC1. The van der Waals surface area contributed by atoms with Crippen molar-refractivity contribution in [2.75, 3.05) is 25.4 Å². The number of nitrogens with one attached hydrogen (secondary N) is 1. The fraction of sp³-hybridized carbons (Fsp3) is 0.667. The van der Waals surface area contributed by atoms with E-state index >= 15 is 0 Å². The van der Waals surface area contributed by atoms with Gasteiger partial charge in [-0.05, 0) is 37.8 Å². The van der Waals surface area contributed by atoms with Crippen LogP contribution in [-0.2, 0) is 20.6 Å². The third-order valence-corrected chi connectivity index (χ3v) is 9.81. The first-order chi connectivity index (χ1) is 14.4. The summed E-state index contributed by atoms with van der Waals surface area (Å²) in [5.41, 5.74) is 0.427. The Bertz CT molecular complexity index is 801. The number of thioether (sulfide) groups is 1. The van der Waals surface area contributed by atoms with Crippen LogP contribution in [0.3, 0.4) is 0 Å². The second-order valence-electron chi connectivity index (χ2n) is 8.05. The van der Waals surface area contributed by atoms with Crippen molar-refractivity contribution in [3.8, 4) is 0 Å². The van der Waals surface area contributed by atoms with Crippen LogP contribution in [0.5, 0.6) is 0 Å². The van der Waals surface area contributed by atoms with Gasteiger partial charge >= 0.3 is 0 Å². The largest absolute Gasteiger partial charge is 0.355 e. The third-order valence-electron chi connectivity index (χ3n) is 5.91. The Balaban J connectivity index is 1.41. The minimum Gasteiger partial charge on any atom is -0.355 e. The molecule has 1 saturated carbocycles. The van der Waals surface area contributed by atoms with Crippen molar-refractivity contribution in [1.82, 2.24) is 9.62 Å². The van der Waals surface area contributed by atoms with Crippen molar-refractivity contribution in [2.24, 2.45) is 5.92 Å². The molecule has 0 aromatic heterocycles. The van der Waals surface area contributed by atoms with E-state index in [4.69, 9.17) is 23.2 Å². The number of sulfonamides is 1. The number of rotatable bonds is 8. The Kier molecular flexibility index (Phi) is 9.20. The molecule has 0 unspecified atom stereocenters. The van der Waals surface area contributed by atoms with Gasteiger partial charge in [0.2, 0.25) is 15.9 Å². The van der Waals surface area contributed by atoms with E-state index in [0.717, 1.165) is 11.0 Å². The lowest BCUT2D eigenvalue weighted by molar-refractivity contribution is -0.125. The Morgan fingerprint density at radius 3 is 2.33 bits per heavy atom. The van der Waals surface area contributed by atoms with Gasteiger partial charge in [0.1, 0.15) is 0 Å². The van der Waals surface area contributed by atoms with E-state index in [1.807, 2.05) is 11.8 Å². The molecule has 0 radical (unpaired) electrons. The molecule has 1 aliphatic carbocycles. The molecular weight excluding hydrogens is 463 g/mol. The molecule has 9 heteroatoms. The van der Waals surface area contributed by atoms with Gasteiger partial charge in [-0.15, -0.1) is 0 Å². The number of carbonyl (C=O) groups excluding carboxylic acids is 1. The summed E-state index contributed by atoms with van der Waals surface area (Å²) in [7, 11) is -3.53. The predicted molar refractivity (Wildman–Crippen MR) is 126 cm³/mol. The summed E-state index contributed by atoms with van der Waals surface area (Å²) in [6, 6.07) is 4.97. The lowest BCUT2D eigenvalue weighted by Gasteiger charge is -2.30. The third kappa shape index (κ3) is 6.76. The van der Waals surface area contributed by atoms with Crippen LogP contribution in [0.1, 0.15) is 50.5 Å². The molecule has 168 valence electrons. The first-order valence-electron chi connectivity index (χ1n) is 10.7. The predicted octanol–water partition coefficient (Wildman–Crippen LogP) is 4.72.